The molecule has 68 valence electrons. The average molecular weight is 181 g/mol. The van der Waals surface area contributed by atoms with Crippen LogP contribution >= 0.6 is 0 Å². The third-order valence-corrected chi connectivity index (χ3v) is 1.39. The molecule has 0 saturated heterocycles. The first kappa shape index (κ1) is 8.98. The van der Waals surface area contributed by atoms with E-state index in [-0.39, 0.29) is 11.5 Å². The van der Waals surface area contributed by atoms with E-state index in [4.69, 9.17) is 16.0 Å². The number of nitrogens with two attached hydrogens (primary N) is 1. The Hall–Kier alpha value is -2.11. The highest BCUT2D eigenvalue weighted by Gasteiger charge is 2.04. The molecular formula is C7H7N3O3. The lowest BCUT2D eigenvalue weighted by molar-refractivity contribution is 0.0690. The third-order valence-electron chi connectivity index (χ3n) is 1.39. The minimum atomic E-state index is -1.12. The lowest BCUT2D eigenvalue weighted by Gasteiger charge is -1.97. The Morgan fingerprint density at radius 1 is 1.54 bits per heavy atom. The molecule has 6 nitrogen and oxygen atoms in total. The van der Waals surface area contributed by atoms with Crippen LogP contribution in [-0.4, -0.2) is 27.1 Å². The summed E-state index contributed by atoms with van der Waals surface area (Å²) in [6.07, 6.45) is 1.22. The number of rotatable bonds is 2. The minimum absolute atomic E-state index is 0.0884. The van der Waals surface area contributed by atoms with Crippen LogP contribution < -0.4 is 5.73 Å². The number of aromatic nitrogens is 1. The summed E-state index contributed by atoms with van der Waals surface area (Å²) < 4.78 is 0. The Morgan fingerprint density at radius 2 is 2.23 bits per heavy atom. The molecule has 0 radical (unpaired) electrons. The molecule has 1 heterocycles. The molecule has 6 heteroatoms. The zero-order valence-electron chi connectivity index (χ0n) is 6.51. The zero-order valence-corrected chi connectivity index (χ0v) is 6.51. The summed E-state index contributed by atoms with van der Waals surface area (Å²) in [5.41, 5.74) is 5.51. The molecule has 0 amide bonds. The van der Waals surface area contributed by atoms with Crippen LogP contribution in [0.5, 0.6) is 0 Å². The van der Waals surface area contributed by atoms with Gasteiger partial charge in [0.1, 0.15) is 5.69 Å². The Labute approximate surface area is 73.3 Å². The largest absolute Gasteiger partial charge is 0.477 e. The van der Waals surface area contributed by atoms with Crippen molar-refractivity contribution >= 4 is 11.8 Å². The summed E-state index contributed by atoms with van der Waals surface area (Å²) in [7, 11) is 0. The number of carbonyl (C=O) groups is 1. The van der Waals surface area contributed by atoms with Gasteiger partial charge in [0.15, 0.2) is 5.84 Å². The van der Waals surface area contributed by atoms with Gasteiger partial charge in [-0.3, -0.25) is 0 Å². The number of amidine groups is 1. The molecule has 0 aromatic carbocycles. The van der Waals surface area contributed by atoms with E-state index in [1.807, 2.05) is 0 Å². The first-order valence-electron chi connectivity index (χ1n) is 3.32. The van der Waals surface area contributed by atoms with Crippen LogP contribution in [0.3, 0.4) is 0 Å². The number of carboxylic acids is 1. The summed E-state index contributed by atoms with van der Waals surface area (Å²) in [6.45, 7) is 0. The van der Waals surface area contributed by atoms with Gasteiger partial charge >= 0.3 is 5.97 Å². The SMILES string of the molecule is N/C(=N\O)c1ccc(C(=O)O)nc1. The minimum Gasteiger partial charge on any atom is -0.477 e. The van der Waals surface area contributed by atoms with Gasteiger partial charge in [0.2, 0.25) is 0 Å². The van der Waals surface area contributed by atoms with Crippen LogP contribution in [-0.2, 0) is 0 Å². The second-order valence-electron chi connectivity index (χ2n) is 2.22. The van der Waals surface area contributed by atoms with E-state index in [0.717, 1.165) is 0 Å². The van der Waals surface area contributed by atoms with Crippen molar-refractivity contribution in [2.45, 2.75) is 0 Å². The molecule has 0 aliphatic heterocycles. The van der Waals surface area contributed by atoms with Crippen molar-refractivity contribution in [3.8, 4) is 0 Å². The quantitative estimate of drug-likeness (QED) is 0.255. The van der Waals surface area contributed by atoms with Crippen LogP contribution in [0.2, 0.25) is 0 Å². The Bertz CT molecular complexity index is 345. The van der Waals surface area contributed by atoms with Gasteiger partial charge < -0.3 is 16.0 Å². The fourth-order valence-corrected chi connectivity index (χ4v) is 0.730. The van der Waals surface area contributed by atoms with Gasteiger partial charge in [-0.2, -0.15) is 0 Å². The molecular weight excluding hydrogens is 174 g/mol. The predicted molar refractivity (Wildman–Crippen MR) is 43.7 cm³/mol. The van der Waals surface area contributed by atoms with Crippen molar-refractivity contribution < 1.29 is 15.1 Å². The van der Waals surface area contributed by atoms with Crippen molar-refractivity contribution in [3.63, 3.8) is 0 Å². The van der Waals surface area contributed by atoms with Gasteiger partial charge in [-0.1, -0.05) is 5.16 Å². The average Bonchev–Trinajstić information content (AvgIpc) is 2.17. The number of pyridine rings is 1. The second-order valence-corrected chi connectivity index (χ2v) is 2.22. The number of nitrogens with zero attached hydrogens (tertiary/aromatic N) is 2. The highest BCUT2D eigenvalue weighted by Crippen LogP contribution is 1.99. The number of hydrogen-bond acceptors (Lipinski definition) is 4. The van der Waals surface area contributed by atoms with E-state index in [9.17, 15) is 4.79 Å². The fourth-order valence-electron chi connectivity index (χ4n) is 0.730. The normalized spacial score (nSPS) is 11.2. The molecule has 0 aliphatic carbocycles. The Balaban J connectivity index is 3.00. The first-order chi connectivity index (χ1) is 6.15. The van der Waals surface area contributed by atoms with E-state index in [2.05, 4.69) is 10.1 Å². The van der Waals surface area contributed by atoms with Gasteiger partial charge in [-0.15, -0.1) is 0 Å². The number of carboxylic acid groups (broad SMARTS) is 1. The molecule has 1 aromatic heterocycles. The topological polar surface area (TPSA) is 109 Å². The molecule has 1 rings (SSSR count). The maximum Gasteiger partial charge on any atom is 0.354 e. The van der Waals surface area contributed by atoms with Crippen LogP contribution in [0, 0.1) is 0 Å². The fraction of sp³-hybridized carbons (Fsp3) is 0. The zero-order chi connectivity index (χ0) is 9.84. The first-order valence-corrected chi connectivity index (χ1v) is 3.32. The summed E-state index contributed by atoms with van der Waals surface area (Å²) >= 11 is 0. The van der Waals surface area contributed by atoms with Gasteiger partial charge in [0, 0.05) is 11.8 Å². The van der Waals surface area contributed by atoms with Gasteiger partial charge in [0.05, 0.1) is 0 Å². The van der Waals surface area contributed by atoms with Crippen molar-refractivity contribution in [2.75, 3.05) is 0 Å². The summed E-state index contributed by atoms with van der Waals surface area (Å²) in [6, 6.07) is 2.68. The maximum absolute atomic E-state index is 10.4. The van der Waals surface area contributed by atoms with Crippen LogP contribution in [0.4, 0.5) is 0 Å². The van der Waals surface area contributed by atoms with E-state index in [1.54, 1.807) is 0 Å². The molecule has 0 unspecified atom stereocenters. The smallest absolute Gasteiger partial charge is 0.354 e. The second kappa shape index (κ2) is 3.53. The number of hydrogen-bond donors (Lipinski definition) is 3. The molecule has 0 spiro atoms. The van der Waals surface area contributed by atoms with E-state index in [1.165, 1.54) is 18.3 Å². The Kier molecular flexibility index (Phi) is 2.44. The molecule has 1 aromatic rings. The van der Waals surface area contributed by atoms with Crippen LogP contribution in [0.25, 0.3) is 0 Å². The standard InChI is InChI=1S/C7H7N3O3/c8-6(10-13)4-1-2-5(7(11)12)9-3-4/h1-3,13H,(H2,8,10)(H,11,12). The van der Waals surface area contributed by atoms with E-state index in [0.29, 0.717) is 5.56 Å². The lowest BCUT2D eigenvalue weighted by atomic mass is 10.2. The van der Waals surface area contributed by atoms with Crippen molar-refractivity contribution in [1.82, 2.24) is 4.98 Å². The molecule has 4 N–H and O–H groups in total. The molecule has 0 atom stereocenters. The van der Waals surface area contributed by atoms with Gasteiger partial charge in [-0.05, 0) is 12.1 Å². The van der Waals surface area contributed by atoms with Crippen LogP contribution in [0.1, 0.15) is 16.1 Å². The van der Waals surface area contributed by atoms with Crippen molar-refractivity contribution in [2.24, 2.45) is 10.9 Å². The summed E-state index contributed by atoms with van der Waals surface area (Å²) in [5.74, 6) is -1.23. The third kappa shape index (κ3) is 1.92. The predicted octanol–water partition coefficient (Wildman–Crippen LogP) is -0.126. The van der Waals surface area contributed by atoms with E-state index >= 15 is 0 Å². The van der Waals surface area contributed by atoms with Crippen LogP contribution in [0.15, 0.2) is 23.5 Å². The Morgan fingerprint density at radius 3 is 2.62 bits per heavy atom. The molecule has 0 aliphatic rings. The number of aromatic carboxylic acids is 1. The summed E-state index contributed by atoms with van der Waals surface area (Å²) in [4.78, 5) is 14.0. The molecule has 0 saturated carbocycles. The molecule has 13 heavy (non-hydrogen) atoms. The van der Waals surface area contributed by atoms with E-state index < -0.39 is 5.97 Å². The highest BCUT2D eigenvalue weighted by molar-refractivity contribution is 5.97. The maximum atomic E-state index is 10.4. The van der Waals surface area contributed by atoms with Crippen molar-refractivity contribution in [3.05, 3.63) is 29.6 Å². The molecule has 0 bridgehead atoms. The highest BCUT2D eigenvalue weighted by atomic mass is 16.4. The van der Waals surface area contributed by atoms with Gasteiger partial charge in [-0.25, -0.2) is 9.78 Å². The van der Waals surface area contributed by atoms with Crippen molar-refractivity contribution in [1.29, 1.82) is 0 Å². The molecule has 0 fully saturated rings. The summed E-state index contributed by atoms with van der Waals surface area (Å²) in [5, 5.41) is 19.5. The lowest BCUT2D eigenvalue weighted by Crippen LogP contribution is -2.14. The van der Waals surface area contributed by atoms with Gasteiger partial charge in [0.25, 0.3) is 0 Å². The monoisotopic (exact) mass is 181 g/mol. The number of oxime groups is 1.